The summed E-state index contributed by atoms with van der Waals surface area (Å²) in [6.45, 7) is 1.23. The van der Waals surface area contributed by atoms with E-state index in [1.807, 2.05) is 0 Å². The van der Waals surface area contributed by atoms with E-state index in [9.17, 15) is 17.6 Å². The number of aryl methyl sites for hydroxylation is 1. The van der Waals surface area contributed by atoms with Crippen LogP contribution in [0.2, 0.25) is 5.02 Å². The van der Waals surface area contributed by atoms with E-state index in [1.165, 1.54) is 16.8 Å². The van der Waals surface area contributed by atoms with Crippen LogP contribution < -0.4 is 10.6 Å². The van der Waals surface area contributed by atoms with Crippen molar-refractivity contribution in [2.75, 3.05) is 11.9 Å². The molecular weight excluding hydrogens is 480 g/mol. The predicted molar refractivity (Wildman–Crippen MR) is 121 cm³/mol. The number of rotatable bonds is 8. The lowest BCUT2D eigenvalue weighted by Crippen LogP contribution is -2.29. The minimum atomic E-state index is -4.57. The van der Waals surface area contributed by atoms with E-state index in [0.717, 1.165) is 18.4 Å². The average Bonchev–Trinajstić information content (AvgIpc) is 3.39. The number of aromatic nitrogens is 4. The number of hydrogen-bond donors (Lipinski definition) is 2. The second-order valence-electron chi connectivity index (χ2n) is 7.83. The van der Waals surface area contributed by atoms with E-state index in [-0.39, 0.29) is 16.8 Å². The standard InChI is InChI=1S/C21H21ClF4N6S/c22-17-18(14-4-5-14)32(30-19(17)21(24,25)26)9-1-8-27-20(33)29-16-10-28-31(12-16)11-13-2-6-15(23)7-3-13/h2-3,6-7,10,12,14H,1,4-5,8-9,11H2,(H2,27,29,33). The smallest absolute Gasteiger partial charge is 0.362 e. The van der Waals surface area contributed by atoms with Gasteiger partial charge in [-0.2, -0.15) is 23.4 Å². The summed E-state index contributed by atoms with van der Waals surface area (Å²) in [6.07, 6.45) is 0.971. The van der Waals surface area contributed by atoms with Gasteiger partial charge in [-0.15, -0.1) is 0 Å². The van der Waals surface area contributed by atoms with Gasteiger partial charge in [0.25, 0.3) is 0 Å². The third-order valence-corrected chi connectivity index (χ3v) is 5.76. The number of anilines is 1. The second kappa shape index (κ2) is 9.68. The zero-order valence-electron chi connectivity index (χ0n) is 17.4. The summed E-state index contributed by atoms with van der Waals surface area (Å²) in [5.74, 6) is -0.249. The van der Waals surface area contributed by atoms with Crippen LogP contribution in [0.15, 0.2) is 36.7 Å². The third kappa shape index (κ3) is 6.02. The van der Waals surface area contributed by atoms with Crippen molar-refractivity contribution in [3.8, 4) is 0 Å². The van der Waals surface area contributed by atoms with Gasteiger partial charge in [0.05, 0.1) is 29.1 Å². The first-order valence-electron chi connectivity index (χ1n) is 10.4. The molecular formula is C21H21ClF4N6S. The molecule has 0 spiro atoms. The van der Waals surface area contributed by atoms with Crippen molar-refractivity contribution in [2.45, 2.75) is 44.4 Å². The largest absolute Gasteiger partial charge is 0.436 e. The Morgan fingerprint density at radius 3 is 2.61 bits per heavy atom. The van der Waals surface area contributed by atoms with Crippen LogP contribution in [0, 0.1) is 5.82 Å². The zero-order valence-corrected chi connectivity index (χ0v) is 18.9. The Labute approximate surface area is 197 Å². The molecule has 1 fully saturated rings. The highest BCUT2D eigenvalue weighted by atomic mass is 35.5. The van der Waals surface area contributed by atoms with E-state index in [1.54, 1.807) is 29.2 Å². The maximum absolute atomic E-state index is 13.1. The number of nitrogens with one attached hydrogen (secondary N) is 2. The van der Waals surface area contributed by atoms with Crippen LogP contribution in [0.4, 0.5) is 23.2 Å². The fourth-order valence-electron chi connectivity index (χ4n) is 3.45. The summed E-state index contributed by atoms with van der Waals surface area (Å²) in [5.41, 5.74) is 1.04. The minimum Gasteiger partial charge on any atom is -0.362 e. The van der Waals surface area contributed by atoms with Crippen molar-refractivity contribution < 1.29 is 17.6 Å². The normalized spacial score (nSPS) is 13.8. The van der Waals surface area contributed by atoms with Gasteiger partial charge in [-0.25, -0.2) is 4.39 Å². The lowest BCUT2D eigenvalue weighted by molar-refractivity contribution is -0.141. The Balaban J connectivity index is 1.25. The maximum Gasteiger partial charge on any atom is 0.436 e. The molecule has 1 saturated carbocycles. The number of halogens is 5. The Bertz CT molecular complexity index is 1120. The maximum atomic E-state index is 13.1. The van der Waals surface area contributed by atoms with Crippen LogP contribution in [0.5, 0.6) is 0 Å². The van der Waals surface area contributed by atoms with Gasteiger partial charge in [0.2, 0.25) is 0 Å². The van der Waals surface area contributed by atoms with Crippen molar-refractivity contribution in [3.63, 3.8) is 0 Å². The van der Waals surface area contributed by atoms with Crippen molar-refractivity contribution in [1.29, 1.82) is 0 Å². The molecule has 0 amide bonds. The Morgan fingerprint density at radius 1 is 1.21 bits per heavy atom. The van der Waals surface area contributed by atoms with Crippen molar-refractivity contribution in [2.24, 2.45) is 0 Å². The predicted octanol–water partition coefficient (Wildman–Crippen LogP) is 5.19. The average molecular weight is 501 g/mol. The molecule has 0 bridgehead atoms. The van der Waals surface area contributed by atoms with E-state index in [2.05, 4.69) is 20.8 Å². The van der Waals surface area contributed by atoms with E-state index >= 15 is 0 Å². The van der Waals surface area contributed by atoms with Gasteiger partial charge in [-0.3, -0.25) is 9.36 Å². The molecule has 33 heavy (non-hydrogen) atoms. The Kier molecular flexibility index (Phi) is 6.89. The van der Waals surface area contributed by atoms with Gasteiger partial charge in [0, 0.05) is 25.2 Å². The number of nitrogens with zero attached hydrogens (tertiary/aromatic N) is 4. The van der Waals surface area contributed by atoms with Crippen molar-refractivity contribution in [1.82, 2.24) is 24.9 Å². The molecule has 1 aliphatic carbocycles. The van der Waals surface area contributed by atoms with Crippen LogP contribution in [0.1, 0.15) is 42.1 Å². The van der Waals surface area contributed by atoms with Crippen LogP contribution in [-0.2, 0) is 19.3 Å². The summed E-state index contributed by atoms with van der Waals surface area (Å²) >= 11 is 11.3. The summed E-state index contributed by atoms with van der Waals surface area (Å²) in [5, 5.41) is 14.1. The highest BCUT2D eigenvalue weighted by molar-refractivity contribution is 7.80. The van der Waals surface area contributed by atoms with E-state index < -0.39 is 11.9 Å². The molecule has 2 heterocycles. The van der Waals surface area contributed by atoms with Gasteiger partial charge >= 0.3 is 6.18 Å². The molecule has 6 nitrogen and oxygen atoms in total. The van der Waals surface area contributed by atoms with Crippen molar-refractivity contribution in [3.05, 3.63) is 64.5 Å². The lowest BCUT2D eigenvalue weighted by Gasteiger charge is -2.10. The van der Waals surface area contributed by atoms with Gasteiger partial charge < -0.3 is 10.6 Å². The topological polar surface area (TPSA) is 59.7 Å². The van der Waals surface area contributed by atoms with Gasteiger partial charge in [-0.1, -0.05) is 23.7 Å². The summed E-state index contributed by atoms with van der Waals surface area (Å²) in [7, 11) is 0. The summed E-state index contributed by atoms with van der Waals surface area (Å²) in [4.78, 5) is 0. The molecule has 0 aliphatic heterocycles. The van der Waals surface area contributed by atoms with Gasteiger partial charge in [0.1, 0.15) is 5.82 Å². The lowest BCUT2D eigenvalue weighted by atomic mass is 10.2. The molecule has 0 unspecified atom stereocenters. The minimum absolute atomic E-state index is 0.0447. The zero-order chi connectivity index (χ0) is 23.6. The highest BCUT2D eigenvalue weighted by Crippen LogP contribution is 2.46. The molecule has 2 N–H and O–H groups in total. The van der Waals surface area contributed by atoms with Crippen molar-refractivity contribution >= 4 is 34.6 Å². The first-order chi connectivity index (χ1) is 15.7. The fourth-order valence-corrected chi connectivity index (χ4v) is 4.07. The Hall–Kier alpha value is -2.66. The fraction of sp³-hybridized carbons (Fsp3) is 0.381. The number of hydrogen-bond acceptors (Lipinski definition) is 3. The van der Waals surface area contributed by atoms with Crippen LogP contribution in [-0.4, -0.2) is 31.2 Å². The van der Waals surface area contributed by atoms with E-state index in [0.29, 0.717) is 42.5 Å². The molecule has 0 radical (unpaired) electrons. The number of benzene rings is 1. The molecule has 2 aromatic heterocycles. The monoisotopic (exact) mass is 500 g/mol. The molecule has 1 aromatic carbocycles. The molecule has 12 heteroatoms. The Morgan fingerprint density at radius 2 is 1.94 bits per heavy atom. The first kappa shape index (κ1) is 23.5. The molecule has 4 rings (SSSR count). The second-order valence-corrected chi connectivity index (χ2v) is 8.62. The SMILES string of the molecule is Fc1ccc(Cn2cc(NC(=S)NCCCn3nc(C(F)(F)F)c(Cl)c3C3CC3)cn2)cc1. The van der Waals surface area contributed by atoms with Gasteiger partial charge in [-0.05, 0) is 49.2 Å². The summed E-state index contributed by atoms with van der Waals surface area (Å²) in [6, 6.07) is 6.17. The molecule has 0 saturated heterocycles. The quantitative estimate of drug-likeness (QED) is 0.253. The molecule has 176 valence electrons. The molecule has 0 atom stereocenters. The first-order valence-corrected chi connectivity index (χ1v) is 11.1. The van der Waals surface area contributed by atoms with Crippen LogP contribution in [0.3, 0.4) is 0 Å². The molecule has 1 aliphatic rings. The van der Waals surface area contributed by atoms with Gasteiger partial charge in [0.15, 0.2) is 10.8 Å². The summed E-state index contributed by atoms with van der Waals surface area (Å²) < 4.78 is 55.5. The third-order valence-electron chi connectivity index (χ3n) is 5.15. The van der Waals surface area contributed by atoms with Crippen LogP contribution in [0.25, 0.3) is 0 Å². The number of thiocarbonyl (C=S) groups is 1. The van der Waals surface area contributed by atoms with E-state index in [4.69, 9.17) is 23.8 Å². The van der Waals surface area contributed by atoms with Crippen LogP contribution >= 0.6 is 23.8 Å². The number of alkyl halides is 3. The highest BCUT2D eigenvalue weighted by Gasteiger charge is 2.41. The molecule has 3 aromatic rings.